The van der Waals surface area contributed by atoms with Crippen molar-refractivity contribution < 1.29 is 13.2 Å². The lowest BCUT2D eigenvalue weighted by Gasteiger charge is -2.36. The van der Waals surface area contributed by atoms with Gasteiger partial charge in [0.2, 0.25) is 15.9 Å². The van der Waals surface area contributed by atoms with Gasteiger partial charge in [-0.25, -0.2) is 13.1 Å². The second-order valence-corrected chi connectivity index (χ2v) is 7.11. The lowest BCUT2D eigenvalue weighted by molar-refractivity contribution is -0.138. The van der Waals surface area contributed by atoms with Crippen LogP contribution in [0.2, 0.25) is 0 Å². The van der Waals surface area contributed by atoms with Crippen LogP contribution in [0.15, 0.2) is 0 Å². The first-order valence-corrected chi connectivity index (χ1v) is 8.00. The number of hydrogen-bond acceptors (Lipinski definition) is 4. The van der Waals surface area contributed by atoms with E-state index in [1.165, 1.54) is 0 Å². The van der Waals surface area contributed by atoms with Crippen LogP contribution in [0.3, 0.4) is 0 Å². The number of carbonyl (C=O) groups excluding carboxylic acids is 1. The average molecular weight is 277 g/mol. The number of nitrogens with one attached hydrogen (secondary N) is 2. The normalized spacial score (nSPS) is 19.0. The van der Waals surface area contributed by atoms with Crippen LogP contribution >= 0.6 is 0 Å². The Morgan fingerprint density at radius 1 is 1.28 bits per heavy atom. The van der Waals surface area contributed by atoms with Crippen LogP contribution in [0.5, 0.6) is 0 Å². The van der Waals surface area contributed by atoms with Gasteiger partial charge in [0.05, 0.1) is 11.8 Å². The summed E-state index contributed by atoms with van der Waals surface area (Å²) in [6.07, 6.45) is 2.49. The molecular formula is C11H23N3O3S. The van der Waals surface area contributed by atoms with Crippen molar-refractivity contribution in [3.8, 4) is 0 Å². The van der Waals surface area contributed by atoms with Gasteiger partial charge in [-0.2, -0.15) is 0 Å². The number of sulfonamides is 1. The van der Waals surface area contributed by atoms with Crippen molar-refractivity contribution in [2.75, 3.05) is 26.4 Å². The lowest BCUT2D eigenvalue weighted by atomic mass is 10.00. The van der Waals surface area contributed by atoms with Crippen LogP contribution in [0, 0.1) is 0 Å². The average Bonchev–Trinajstić information content (AvgIpc) is 2.27. The highest BCUT2D eigenvalue weighted by Crippen LogP contribution is 2.15. The monoisotopic (exact) mass is 277 g/mol. The third-order valence-corrected chi connectivity index (χ3v) is 4.08. The fraction of sp³-hybridized carbons (Fsp3) is 0.909. The smallest absolute Gasteiger partial charge is 0.242 e. The Kier molecular flexibility index (Phi) is 4.74. The zero-order valence-electron chi connectivity index (χ0n) is 11.5. The van der Waals surface area contributed by atoms with Crippen LogP contribution in [0.1, 0.15) is 26.7 Å². The number of hydrogen-bond donors (Lipinski definition) is 2. The van der Waals surface area contributed by atoms with Gasteiger partial charge >= 0.3 is 0 Å². The van der Waals surface area contributed by atoms with Crippen molar-refractivity contribution >= 4 is 15.9 Å². The summed E-state index contributed by atoms with van der Waals surface area (Å²) in [5.74, 6) is 0.0582. The van der Waals surface area contributed by atoms with E-state index in [0.717, 1.165) is 6.26 Å². The van der Waals surface area contributed by atoms with E-state index >= 15 is 0 Å². The summed E-state index contributed by atoms with van der Waals surface area (Å²) in [5, 5.41) is 2.99. The standard InChI is InChI=1S/C11H23N3O3S/c1-11(2,12-3)10(15)14-7-5-9(6-8-14)13-18(4,16)17/h9,12-13H,5-8H2,1-4H3. The molecule has 0 unspecified atom stereocenters. The molecule has 1 amide bonds. The van der Waals surface area contributed by atoms with Gasteiger partial charge in [0.1, 0.15) is 0 Å². The van der Waals surface area contributed by atoms with Gasteiger partial charge in [-0.15, -0.1) is 0 Å². The maximum Gasteiger partial charge on any atom is 0.242 e. The van der Waals surface area contributed by atoms with E-state index in [0.29, 0.717) is 25.9 Å². The molecule has 0 aromatic heterocycles. The second-order valence-electron chi connectivity index (χ2n) is 5.33. The maximum absolute atomic E-state index is 12.2. The van der Waals surface area contributed by atoms with Crippen molar-refractivity contribution in [1.82, 2.24) is 14.9 Å². The number of piperidine rings is 1. The highest BCUT2D eigenvalue weighted by molar-refractivity contribution is 7.88. The first-order valence-electron chi connectivity index (χ1n) is 6.11. The van der Waals surface area contributed by atoms with Crippen LogP contribution in [0.25, 0.3) is 0 Å². The van der Waals surface area contributed by atoms with Gasteiger partial charge in [-0.3, -0.25) is 4.79 Å². The molecule has 0 atom stereocenters. The highest BCUT2D eigenvalue weighted by atomic mass is 32.2. The van der Waals surface area contributed by atoms with Gasteiger partial charge in [-0.1, -0.05) is 0 Å². The van der Waals surface area contributed by atoms with Crippen molar-refractivity contribution in [2.24, 2.45) is 0 Å². The molecule has 0 aromatic rings. The lowest BCUT2D eigenvalue weighted by Crippen LogP contribution is -2.56. The Morgan fingerprint density at radius 3 is 2.17 bits per heavy atom. The van der Waals surface area contributed by atoms with Crippen LogP contribution in [-0.2, 0) is 14.8 Å². The molecule has 106 valence electrons. The fourth-order valence-corrected chi connectivity index (χ4v) is 2.85. The van der Waals surface area contributed by atoms with E-state index < -0.39 is 15.6 Å². The first kappa shape index (κ1) is 15.4. The van der Waals surface area contributed by atoms with E-state index in [4.69, 9.17) is 0 Å². The SMILES string of the molecule is CNC(C)(C)C(=O)N1CCC(NS(C)(=O)=O)CC1. The number of likely N-dealkylation sites (N-methyl/N-ethyl adjacent to an activating group) is 1. The van der Waals surface area contributed by atoms with E-state index in [1.54, 1.807) is 11.9 Å². The maximum atomic E-state index is 12.2. The molecule has 0 radical (unpaired) electrons. The van der Waals surface area contributed by atoms with Crippen molar-refractivity contribution in [3.63, 3.8) is 0 Å². The third kappa shape index (κ3) is 4.22. The molecule has 0 saturated carbocycles. The second kappa shape index (κ2) is 5.54. The number of likely N-dealkylation sites (tertiary alicyclic amines) is 1. The van der Waals surface area contributed by atoms with Crippen LogP contribution in [-0.4, -0.2) is 57.2 Å². The predicted molar refractivity (Wildman–Crippen MR) is 70.7 cm³/mol. The van der Waals surface area contributed by atoms with Gasteiger partial charge in [0.25, 0.3) is 0 Å². The molecule has 1 fully saturated rings. The number of nitrogens with zero attached hydrogens (tertiary/aromatic N) is 1. The van der Waals surface area contributed by atoms with E-state index in [2.05, 4.69) is 10.0 Å². The summed E-state index contributed by atoms with van der Waals surface area (Å²) in [4.78, 5) is 14.0. The molecule has 1 aliphatic rings. The minimum Gasteiger partial charge on any atom is -0.341 e. The van der Waals surface area contributed by atoms with E-state index in [9.17, 15) is 13.2 Å². The summed E-state index contributed by atoms with van der Waals surface area (Å²) in [5.41, 5.74) is -0.572. The van der Waals surface area contributed by atoms with E-state index in [-0.39, 0.29) is 11.9 Å². The van der Waals surface area contributed by atoms with Crippen molar-refractivity contribution in [1.29, 1.82) is 0 Å². The zero-order valence-corrected chi connectivity index (χ0v) is 12.3. The zero-order chi connectivity index (χ0) is 14.0. The van der Waals surface area contributed by atoms with Crippen LogP contribution in [0.4, 0.5) is 0 Å². The largest absolute Gasteiger partial charge is 0.341 e. The van der Waals surface area contributed by atoms with Gasteiger partial charge in [-0.05, 0) is 33.7 Å². The Labute approximate surface area is 109 Å². The number of carbonyl (C=O) groups is 1. The quantitative estimate of drug-likeness (QED) is 0.728. The molecule has 18 heavy (non-hydrogen) atoms. The molecule has 6 nitrogen and oxygen atoms in total. The van der Waals surface area contributed by atoms with Crippen LogP contribution < -0.4 is 10.0 Å². The summed E-state index contributed by atoms with van der Waals surface area (Å²) < 4.78 is 24.8. The van der Waals surface area contributed by atoms with Crippen molar-refractivity contribution in [3.05, 3.63) is 0 Å². The molecule has 1 rings (SSSR count). The first-order chi connectivity index (χ1) is 8.15. The molecule has 0 aliphatic carbocycles. The molecule has 1 saturated heterocycles. The molecule has 1 heterocycles. The Balaban J connectivity index is 2.52. The summed E-state index contributed by atoms with van der Waals surface area (Å²) in [6.45, 7) is 4.88. The summed E-state index contributed by atoms with van der Waals surface area (Å²) in [6, 6.07) is -0.0539. The third-order valence-electron chi connectivity index (χ3n) is 3.32. The Hall–Kier alpha value is -0.660. The minimum absolute atomic E-state index is 0.0539. The topological polar surface area (TPSA) is 78.5 Å². The Morgan fingerprint density at radius 2 is 1.78 bits per heavy atom. The number of rotatable bonds is 4. The Bertz CT molecular complexity index is 398. The molecule has 1 aliphatic heterocycles. The van der Waals surface area contributed by atoms with Gasteiger partial charge in [0, 0.05) is 19.1 Å². The van der Waals surface area contributed by atoms with E-state index in [1.807, 2.05) is 13.8 Å². The molecule has 7 heteroatoms. The summed E-state index contributed by atoms with van der Waals surface area (Å²) in [7, 11) is -1.40. The molecular weight excluding hydrogens is 254 g/mol. The molecule has 0 aromatic carbocycles. The molecule has 0 bridgehead atoms. The van der Waals surface area contributed by atoms with Gasteiger partial charge < -0.3 is 10.2 Å². The van der Waals surface area contributed by atoms with Gasteiger partial charge in [0.15, 0.2) is 0 Å². The highest BCUT2D eigenvalue weighted by Gasteiger charge is 2.33. The predicted octanol–water partition coefficient (Wildman–Crippen LogP) is -0.475. The number of amides is 1. The fourth-order valence-electron chi connectivity index (χ4n) is 2.01. The molecule has 2 N–H and O–H groups in total. The minimum atomic E-state index is -3.16. The molecule has 0 spiro atoms. The van der Waals surface area contributed by atoms with Crippen molar-refractivity contribution in [2.45, 2.75) is 38.3 Å². The summed E-state index contributed by atoms with van der Waals surface area (Å²) >= 11 is 0.